The molecule has 2 aliphatic heterocycles. The first-order valence-electron chi connectivity index (χ1n) is 7.69. The van der Waals surface area contributed by atoms with Crippen LogP contribution in [0.1, 0.15) is 48.9 Å². The van der Waals surface area contributed by atoms with Crippen LogP contribution in [-0.2, 0) is 9.59 Å². The fourth-order valence-corrected chi connectivity index (χ4v) is 4.44. The van der Waals surface area contributed by atoms with Crippen molar-refractivity contribution in [1.29, 1.82) is 0 Å². The summed E-state index contributed by atoms with van der Waals surface area (Å²) in [5.41, 5.74) is 0. The topological polar surface area (TPSA) is 40.6 Å². The Hall–Kier alpha value is -1.36. The van der Waals surface area contributed by atoms with E-state index in [1.165, 1.54) is 4.88 Å². The van der Waals surface area contributed by atoms with Crippen molar-refractivity contribution in [2.75, 3.05) is 6.54 Å². The monoisotopic (exact) mass is 306 g/mol. The number of nitrogens with zero attached hydrogens (tertiary/aromatic N) is 2. The highest BCUT2D eigenvalue weighted by Crippen LogP contribution is 2.34. The molecule has 2 aliphatic rings. The van der Waals surface area contributed by atoms with Crippen LogP contribution in [-0.4, -0.2) is 40.2 Å². The maximum atomic E-state index is 12.9. The average molecular weight is 306 g/mol. The molecule has 0 aromatic carbocycles. The minimum Gasteiger partial charge on any atom is -0.329 e. The standard InChI is InChI=1S/C16H22N2O2S/c1-10-7-8-14(21-10)11(2)18-12(3)15(19)17-9-5-4-6-13(17)16(18)20/h7-8,11-13H,4-6,9H2,1-3H3. The molecule has 5 heteroatoms. The Balaban J connectivity index is 1.90. The van der Waals surface area contributed by atoms with Gasteiger partial charge < -0.3 is 9.80 Å². The van der Waals surface area contributed by atoms with Gasteiger partial charge in [-0.1, -0.05) is 0 Å². The molecule has 3 rings (SSSR count). The summed E-state index contributed by atoms with van der Waals surface area (Å²) >= 11 is 1.71. The molecule has 2 saturated heterocycles. The number of carbonyl (C=O) groups excluding carboxylic acids is 2. The Morgan fingerprint density at radius 2 is 2.00 bits per heavy atom. The fraction of sp³-hybridized carbons (Fsp3) is 0.625. The SMILES string of the molecule is Cc1ccc(C(C)N2C(=O)C3CCCCN3C(=O)C2C)s1. The van der Waals surface area contributed by atoms with Crippen molar-refractivity contribution in [3.63, 3.8) is 0 Å². The number of piperidine rings is 1. The highest BCUT2D eigenvalue weighted by atomic mass is 32.1. The lowest BCUT2D eigenvalue weighted by molar-refractivity contribution is -0.165. The molecule has 2 fully saturated rings. The summed E-state index contributed by atoms with van der Waals surface area (Å²) in [4.78, 5) is 31.5. The van der Waals surface area contributed by atoms with Crippen molar-refractivity contribution in [3.05, 3.63) is 21.9 Å². The molecular weight excluding hydrogens is 284 g/mol. The van der Waals surface area contributed by atoms with Gasteiger partial charge in [-0.3, -0.25) is 9.59 Å². The third-order valence-corrected chi connectivity index (χ3v) is 5.86. The van der Waals surface area contributed by atoms with E-state index in [4.69, 9.17) is 0 Å². The van der Waals surface area contributed by atoms with E-state index in [1.54, 1.807) is 21.1 Å². The van der Waals surface area contributed by atoms with Crippen LogP contribution in [0.15, 0.2) is 12.1 Å². The molecule has 0 N–H and O–H groups in total. The van der Waals surface area contributed by atoms with Gasteiger partial charge in [0, 0.05) is 16.3 Å². The zero-order chi connectivity index (χ0) is 15.1. The third kappa shape index (κ3) is 2.37. The molecule has 3 atom stereocenters. The normalized spacial score (nSPS) is 27.8. The second-order valence-corrected chi connectivity index (χ2v) is 7.41. The van der Waals surface area contributed by atoms with Crippen molar-refractivity contribution in [2.45, 2.75) is 58.2 Å². The zero-order valence-corrected chi connectivity index (χ0v) is 13.7. The number of amides is 2. The van der Waals surface area contributed by atoms with E-state index in [9.17, 15) is 9.59 Å². The first-order chi connectivity index (χ1) is 10.0. The lowest BCUT2D eigenvalue weighted by atomic mass is 9.94. The van der Waals surface area contributed by atoms with Gasteiger partial charge in [0.15, 0.2) is 0 Å². The van der Waals surface area contributed by atoms with Crippen molar-refractivity contribution >= 4 is 23.2 Å². The van der Waals surface area contributed by atoms with Gasteiger partial charge in [-0.2, -0.15) is 0 Å². The smallest absolute Gasteiger partial charge is 0.246 e. The van der Waals surface area contributed by atoms with Gasteiger partial charge >= 0.3 is 0 Å². The number of carbonyl (C=O) groups is 2. The van der Waals surface area contributed by atoms with E-state index >= 15 is 0 Å². The molecule has 114 valence electrons. The van der Waals surface area contributed by atoms with Gasteiger partial charge in [-0.05, 0) is 52.2 Å². The molecule has 1 aromatic rings. The number of rotatable bonds is 2. The zero-order valence-electron chi connectivity index (χ0n) is 12.8. The van der Waals surface area contributed by atoms with Crippen LogP contribution in [0.4, 0.5) is 0 Å². The second kappa shape index (κ2) is 5.44. The first-order valence-corrected chi connectivity index (χ1v) is 8.51. The summed E-state index contributed by atoms with van der Waals surface area (Å²) in [5, 5.41) is 0. The van der Waals surface area contributed by atoms with Gasteiger partial charge in [0.1, 0.15) is 12.1 Å². The minimum absolute atomic E-state index is 0.0285. The predicted molar refractivity (Wildman–Crippen MR) is 83.1 cm³/mol. The van der Waals surface area contributed by atoms with Gasteiger partial charge in [0.05, 0.1) is 6.04 Å². The largest absolute Gasteiger partial charge is 0.329 e. The summed E-state index contributed by atoms with van der Waals surface area (Å²) in [6.45, 7) is 6.70. The number of hydrogen-bond acceptors (Lipinski definition) is 3. The average Bonchev–Trinajstić information content (AvgIpc) is 2.91. The molecule has 21 heavy (non-hydrogen) atoms. The number of thiophene rings is 1. The maximum Gasteiger partial charge on any atom is 0.246 e. The minimum atomic E-state index is -0.357. The van der Waals surface area contributed by atoms with Crippen LogP contribution in [0, 0.1) is 6.92 Å². The highest BCUT2D eigenvalue weighted by molar-refractivity contribution is 7.12. The number of aryl methyl sites for hydroxylation is 1. The molecule has 0 saturated carbocycles. The number of fused-ring (bicyclic) bond motifs is 1. The number of piperazine rings is 1. The van der Waals surface area contributed by atoms with E-state index in [1.807, 2.05) is 13.8 Å². The molecule has 3 heterocycles. The summed E-state index contributed by atoms with van der Waals surface area (Å²) < 4.78 is 0. The molecule has 0 spiro atoms. The van der Waals surface area contributed by atoms with E-state index in [-0.39, 0.29) is 29.9 Å². The molecule has 1 aromatic heterocycles. The Labute approximate surface area is 129 Å². The Morgan fingerprint density at radius 1 is 1.24 bits per heavy atom. The quantitative estimate of drug-likeness (QED) is 0.843. The predicted octanol–water partition coefficient (Wildman–Crippen LogP) is 2.73. The molecular formula is C16H22N2O2S. The van der Waals surface area contributed by atoms with Crippen LogP contribution < -0.4 is 0 Å². The Morgan fingerprint density at radius 3 is 2.67 bits per heavy atom. The van der Waals surface area contributed by atoms with Crippen molar-refractivity contribution in [1.82, 2.24) is 9.80 Å². The summed E-state index contributed by atoms with van der Waals surface area (Å²) in [6, 6.07) is 3.53. The van der Waals surface area contributed by atoms with Crippen LogP contribution in [0.2, 0.25) is 0 Å². The van der Waals surface area contributed by atoms with Crippen LogP contribution >= 0.6 is 11.3 Å². The van der Waals surface area contributed by atoms with Crippen molar-refractivity contribution in [3.8, 4) is 0 Å². The fourth-order valence-electron chi connectivity index (χ4n) is 3.52. The lowest BCUT2D eigenvalue weighted by Gasteiger charge is -2.47. The molecule has 0 bridgehead atoms. The van der Waals surface area contributed by atoms with Crippen LogP contribution in [0.25, 0.3) is 0 Å². The van der Waals surface area contributed by atoms with Gasteiger partial charge in [-0.15, -0.1) is 11.3 Å². The van der Waals surface area contributed by atoms with Crippen molar-refractivity contribution in [2.24, 2.45) is 0 Å². The highest BCUT2D eigenvalue weighted by Gasteiger charge is 2.46. The molecule has 0 radical (unpaired) electrons. The number of hydrogen-bond donors (Lipinski definition) is 0. The Kier molecular flexibility index (Phi) is 3.78. The van der Waals surface area contributed by atoms with Crippen LogP contribution in [0.3, 0.4) is 0 Å². The van der Waals surface area contributed by atoms with Crippen LogP contribution in [0.5, 0.6) is 0 Å². The maximum absolute atomic E-state index is 12.9. The van der Waals surface area contributed by atoms with E-state index in [2.05, 4.69) is 19.1 Å². The second-order valence-electron chi connectivity index (χ2n) is 6.09. The van der Waals surface area contributed by atoms with Crippen molar-refractivity contribution < 1.29 is 9.59 Å². The molecule has 2 amide bonds. The summed E-state index contributed by atoms with van der Waals surface area (Å²) in [6.07, 6.45) is 2.86. The molecule has 4 nitrogen and oxygen atoms in total. The molecule has 0 aliphatic carbocycles. The van der Waals surface area contributed by atoms with E-state index in [0.29, 0.717) is 0 Å². The van der Waals surface area contributed by atoms with E-state index < -0.39 is 0 Å². The Bertz CT molecular complexity index is 568. The van der Waals surface area contributed by atoms with Gasteiger partial charge in [0.2, 0.25) is 11.8 Å². The van der Waals surface area contributed by atoms with E-state index in [0.717, 1.165) is 30.7 Å². The van der Waals surface area contributed by atoms with Gasteiger partial charge in [0.25, 0.3) is 0 Å². The first kappa shape index (κ1) is 14.6. The summed E-state index contributed by atoms with van der Waals surface area (Å²) in [7, 11) is 0. The summed E-state index contributed by atoms with van der Waals surface area (Å²) in [5.74, 6) is 0.236. The lowest BCUT2D eigenvalue weighted by Crippen LogP contribution is -2.65. The molecule has 3 unspecified atom stereocenters. The van der Waals surface area contributed by atoms with Gasteiger partial charge in [-0.25, -0.2) is 0 Å². The third-order valence-electron chi connectivity index (χ3n) is 4.69.